The molecular formula is C8H12FNO3. The molecule has 0 aromatic carbocycles. The minimum atomic E-state index is -2.06. The van der Waals surface area contributed by atoms with Gasteiger partial charge in [0.1, 0.15) is 0 Å². The number of rotatable bonds is 3. The van der Waals surface area contributed by atoms with E-state index in [1.54, 1.807) is 0 Å². The molecule has 0 bridgehead atoms. The van der Waals surface area contributed by atoms with Gasteiger partial charge in [0.2, 0.25) is 12.1 Å². The summed E-state index contributed by atoms with van der Waals surface area (Å²) in [5.41, 5.74) is 0. The topological polar surface area (TPSA) is 57.6 Å². The van der Waals surface area contributed by atoms with Crippen LogP contribution in [-0.4, -0.2) is 41.1 Å². The van der Waals surface area contributed by atoms with Gasteiger partial charge >= 0.3 is 5.97 Å². The van der Waals surface area contributed by atoms with Gasteiger partial charge in [-0.15, -0.1) is 0 Å². The molecule has 5 heteroatoms. The third kappa shape index (κ3) is 2.68. The summed E-state index contributed by atoms with van der Waals surface area (Å²) in [6.07, 6.45) is -0.742. The van der Waals surface area contributed by atoms with Gasteiger partial charge in [0.05, 0.1) is 6.42 Å². The molecule has 0 unspecified atom stereocenters. The van der Waals surface area contributed by atoms with Gasteiger partial charge < -0.3 is 10.0 Å². The molecule has 1 amide bonds. The lowest BCUT2D eigenvalue weighted by Crippen LogP contribution is -2.31. The number of nitrogens with zero attached hydrogens (tertiary/aromatic N) is 1. The number of carboxylic acid groups (broad SMARTS) is 1. The van der Waals surface area contributed by atoms with Gasteiger partial charge in [-0.25, -0.2) is 9.18 Å². The molecule has 0 aromatic rings. The molecule has 1 atom stereocenters. The lowest BCUT2D eigenvalue weighted by atomic mass is 10.2. The SMILES string of the molecule is O=C(O)[C@H](F)CC(=O)N1CCCC1. The van der Waals surface area contributed by atoms with Crippen molar-refractivity contribution in [2.24, 2.45) is 0 Å². The molecule has 1 rings (SSSR count). The Hall–Kier alpha value is -1.13. The number of amides is 1. The molecule has 13 heavy (non-hydrogen) atoms. The molecule has 1 heterocycles. The van der Waals surface area contributed by atoms with Gasteiger partial charge in [-0.3, -0.25) is 4.79 Å². The normalized spacial score (nSPS) is 18.7. The van der Waals surface area contributed by atoms with E-state index in [1.807, 2.05) is 0 Å². The van der Waals surface area contributed by atoms with Gasteiger partial charge in [0, 0.05) is 13.1 Å². The highest BCUT2D eigenvalue weighted by molar-refractivity contribution is 5.83. The van der Waals surface area contributed by atoms with Gasteiger partial charge in [-0.05, 0) is 12.8 Å². The van der Waals surface area contributed by atoms with Gasteiger partial charge in [0.15, 0.2) is 0 Å². The quantitative estimate of drug-likeness (QED) is 0.700. The average Bonchev–Trinajstić information content (AvgIpc) is 2.55. The summed E-state index contributed by atoms with van der Waals surface area (Å²) >= 11 is 0. The molecule has 1 aliphatic rings. The van der Waals surface area contributed by atoms with Crippen molar-refractivity contribution in [2.45, 2.75) is 25.4 Å². The number of alkyl halides is 1. The maximum absolute atomic E-state index is 12.6. The highest BCUT2D eigenvalue weighted by Crippen LogP contribution is 2.11. The molecule has 0 spiro atoms. The lowest BCUT2D eigenvalue weighted by molar-refractivity contribution is -0.146. The van der Waals surface area contributed by atoms with Crippen LogP contribution in [0.1, 0.15) is 19.3 Å². The Labute approximate surface area is 75.3 Å². The van der Waals surface area contributed by atoms with Crippen LogP contribution < -0.4 is 0 Å². The minimum absolute atomic E-state index is 0.396. The second-order valence-corrected chi connectivity index (χ2v) is 3.10. The second-order valence-electron chi connectivity index (χ2n) is 3.10. The average molecular weight is 189 g/mol. The Morgan fingerprint density at radius 2 is 1.92 bits per heavy atom. The smallest absolute Gasteiger partial charge is 0.338 e. The zero-order chi connectivity index (χ0) is 9.84. The summed E-state index contributed by atoms with van der Waals surface area (Å²) in [6.45, 7) is 1.26. The fourth-order valence-electron chi connectivity index (χ4n) is 1.34. The molecule has 1 fully saturated rings. The number of hydrogen-bond donors (Lipinski definition) is 1. The number of likely N-dealkylation sites (tertiary alicyclic amines) is 1. The van der Waals surface area contributed by atoms with Crippen LogP contribution in [0.2, 0.25) is 0 Å². The summed E-state index contributed by atoms with van der Waals surface area (Å²) in [4.78, 5) is 22.8. The fraction of sp³-hybridized carbons (Fsp3) is 0.750. The molecule has 74 valence electrons. The van der Waals surface area contributed by atoms with E-state index in [0.717, 1.165) is 12.8 Å². The molecular weight excluding hydrogens is 177 g/mol. The number of aliphatic carboxylic acids is 1. The van der Waals surface area contributed by atoms with E-state index in [4.69, 9.17) is 5.11 Å². The first kappa shape index (κ1) is 9.95. The van der Waals surface area contributed by atoms with E-state index in [0.29, 0.717) is 13.1 Å². The number of carbonyl (C=O) groups is 2. The predicted molar refractivity (Wildman–Crippen MR) is 43.0 cm³/mol. The third-order valence-electron chi connectivity index (χ3n) is 2.08. The maximum atomic E-state index is 12.6. The minimum Gasteiger partial charge on any atom is -0.479 e. The van der Waals surface area contributed by atoms with Crippen LogP contribution in [-0.2, 0) is 9.59 Å². The van der Waals surface area contributed by atoms with E-state index in [2.05, 4.69) is 0 Å². The number of carboxylic acids is 1. The Balaban J connectivity index is 2.35. The van der Waals surface area contributed by atoms with Crippen LogP contribution in [0.4, 0.5) is 4.39 Å². The summed E-state index contributed by atoms with van der Waals surface area (Å²) in [6, 6.07) is 0. The van der Waals surface area contributed by atoms with E-state index in [9.17, 15) is 14.0 Å². The van der Waals surface area contributed by atoms with Crippen molar-refractivity contribution in [2.75, 3.05) is 13.1 Å². The Bertz CT molecular complexity index is 213. The lowest BCUT2D eigenvalue weighted by Gasteiger charge is -2.15. The van der Waals surface area contributed by atoms with Crippen LogP contribution in [0.5, 0.6) is 0 Å². The summed E-state index contributed by atoms with van der Waals surface area (Å²) < 4.78 is 12.6. The van der Waals surface area contributed by atoms with Crippen molar-refractivity contribution in [1.29, 1.82) is 0 Å². The van der Waals surface area contributed by atoms with Crippen LogP contribution in [0.3, 0.4) is 0 Å². The molecule has 0 radical (unpaired) electrons. The van der Waals surface area contributed by atoms with Crippen LogP contribution in [0.15, 0.2) is 0 Å². The first-order valence-electron chi connectivity index (χ1n) is 4.26. The fourth-order valence-corrected chi connectivity index (χ4v) is 1.34. The number of hydrogen-bond acceptors (Lipinski definition) is 2. The molecule has 0 saturated carbocycles. The Morgan fingerprint density at radius 1 is 1.38 bits per heavy atom. The van der Waals surface area contributed by atoms with Crippen molar-refractivity contribution < 1.29 is 19.1 Å². The number of halogens is 1. The van der Waals surface area contributed by atoms with E-state index < -0.39 is 24.5 Å². The zero-order valence-corrected chi connectivity index (χ0v) is 7.20. The standard InChI is InChI=1S/C8H12FNO3/c9-6(8(12)13)5-7(11)10-3-1-2-4-10/h6H,1-5H2,(H,12,13)/t6-/m1/s1. The van der Waals surface area contributed by atoms with Gasteiger partial charge in [0.25, 0.3) is 0 Å². The van der Waals surface area contributed by atoms with Gasteiger partial charge in [-0.2, -0.15) is 0 Å². The van der Waals surface area contributed by atoms with Crippen molar-refractivity contribution in [3.8, 4) is 0 Å². The molecule has 0 aromatic heterocycles. The second kappa shape index (κ2) is 4.20. The van der Waals surface area contributed by atoms with Crippen LogP contribution in [0.25, 0.3) is 0 Å². The highest BCUT2D eigenvalue weighted by atomic mass is 19.1. The molecule has 0 aliphatic carbocycles. The van der Waals surface area contributed by atoms with E-state index >= 15 is 0 Å². The van der Waals surface area contributed by atoms with Crippen LogP contribution >= 0.6 is 0 Å². The summed E-state index contributed by atoms with van der Waals surface area (Å²) in [7, 11) is 0. The monoisotopic (exact) mass is 189 g/mol. The maximum Gasteiger partial charge on any atom is 0.338 e. The van der Waals surface area contributed by atoms with Gasteiger partial charge in [-0.1, -0.05) is 0 Å². The molecule has 4 nitrogen and oxygen atoms in total. The first-order chi connectivity index (χ1) is 6.11. The number of carbonyl (C=O) groups excluding carboxylic acids is 1. The highest BCUT2D eigenvalue weighted by Gasteiger charge is 2.25. The Kier molecular flexibility index (Phi) is 3.22. The first-order valence-corrected chi connectivity index (χ1v) is 4.26. The van der Waals surface area contributed by atoms with E-state index in [-0.39, 0.29) is 0 Å². The van der Waals surface area contributed by atoms with E-state index in [1.165, 1.54) is 4.90 Å². The van der Waals surface area contributed by atoms with Crippen molar-refractivity contribution in [1.82, 2.24) is 4.90 Å². The molecule has 1 aliphatic heterocycles. The van der Waals surface area contributed by atoms with Crippen molar-refractivity contribution in [3.63, 3.8) is 0 Å². The molecule has 1 N–H and O–H groups in total. The van der Waals surface area contributed by atoms with Crippen molar-refractivity contribution >= 4 is 11.9 Å². The van der Waals surface area contributed by atoms with Crippen molar-refractivity contribution in [3.05, 3.63) is 0 Å². The zero-order valence-electron chi connectivity index (χ0n) is 7.20. The largest absolute Gasteiger partial charge is 0.479 e. The summed E-state index contributed by atoms with van der Waals surface area (Å²) in [5.74, 6) is -1.96. The Morgan fingerprint density at radius 3 is 2.38 bits per heavy atom. The third-order valence-corrected chi connectivity index (χ3v) is 2.08. The predicted octanol–water partition coefficient (Wildman–Crippen LogP) is 0.422. The van der Waals surface area contributed by atoms with Crippen LogP contribution in [0, 0.1) is 0 Å². The molecule has 1 saturated heterocycles. The summed E-state index contributed by atoms with van der Waals surface area (Å²) in [5, 5.41) is 8.23.